The monoisotopic (exact) mass is 378 g/mol. The Balaban J connectivity index is 1.59. The molecular weight excluding hydrogens is 360 g/mol. The van der Waals surface area contributed by atoms with E-state index >= 15 is 0 Å². The summed E-state index contributed by atoms with van der Waals surface area (Å²) in [6.07, 6.45) is 0.865. The van der Waals surface area contributed by atoms with E-state index in [1.165, 1.54) is 0 Å². The molecule has 3 rings (SSSR count). The van der Waals surface area contributed by atoms with Crippen molar-refractivity contribution in [1.29, 1.82) is 0 Å². The van der Waals surface area contributed by atoms with Crippen molar-refractivity contribution in [2.24, 2.45) is 0 Å². The van der Waals surface area contributed by atoms with E-state index in [9.17, 15) is 9.59 Å². The first-order chi connectivity index (χ1) is 13.1. The van der Waals surface area contributed by atoms with Gasteiger partial charge in [-0.25, -0.2) is 0 Å². The number of carbonyl (C=O) groups is 2. The van der Waals surface area contributed by atoms with Crippen molar-refractivity contribution in [2.75, 3.05) is 10.6 Å². The maximum Gasteiger partial charge on any atom is 0.255 e. The lowest BCUT2D eigenvalue weighted by atomic mass is 10.1. The Morgan fingerprint density at radius 3 is 2.26 bits per heavy atom. The second-order valence-corrected chi connectivity index (χ2v) is 6.45. The minimum absolute atomic E-state index is 0.129. The van der Waals surface area contributed by atoms with Crippen molar-refractivity contribution in [1.82, 2.24) is 0 Å². The third kappa shape index (κ3) is 5.43. The van der Waals surface area contributed by atoms with Crippen molar-refractivity contribution < 1.29 is 9.59 Å². The third-order valence-corrected chi connectivity index (χ3v) is 4.39. The van der Waals surface area contributed by atoms with E-state index in [0.717, 1.165) is 11.3 Å². The van der Waals surface area contributed by atoms with E-state index in [4.69, 9.17) is 11.6 Å². The Morgan fingerprint density at radius 2 is 1.48 bits per heavy atom. The van der Waals surface area contributed by atoms with Gasteiger partial charge in [-0.2, -0.15) is 0 Å². The van der Waals surface area contributed by atoms with Crippen LogP contribution < -0.4 is 10.6 Å². The zero-order chi connectivity index (χ0) is 19.1. The molecule has 0 heterocycles. The fraction of sp³-hybridized carbons (Fsp3) is 0.0909. The fourth-order valence-corrected chi connectivity index (χ4v) is 2.87. The number of nitrogens with one attached hydrogen (secondary N) is 2. The summed E-state index contributed by atoms with van der Waals surface area (Å²) in [6, 6.07) is 23.6. The Labute approximate surface area is 163 Å². The van der Waals surface area contributed by atoms with Gasteiger partial charge in [-0.3, -0.25) is 9.59 Å². The lowest BCUT2D eigenvalue weighted by Gasteiger charge is -2.09. The summed E-state index contributed by atoms with van der Waals surface area (Å²) in [5.41, 5.74) is 2.71. The molecule has 2 amide bonds. The summed E-state index contributed by atoms with van der Waals surface area (Å²) in [6.45, 7) is 0. The molecule has 0 atom stereocenters. The van der Waals surface area contributed by atoms with Crippen LogP contribution in [0.15, 0.2) is 78.9 Å². The number of hydrogen-bond acceptors (Lipinski definition) is 2. The number of anilines is 2. The lowest BCUT2D eigenvalue weighted by Crippen LogP contribution is -2.15. The van der Waals surface area contributed by atoms with Gasteiger partial charge in [0.25, 0.3) is 5.91 Å². The maximum absolute atomic E-state index is 12.4. The number of carbonyl (C=O) groups excluding carboxylic acids is 2. The first kappa shape index (κ1) is 18.7. The Kier molecular flexibility index (Phi) is 6.23. The van der Waals surface area contributed by atoms with E-state index in [1.54, 1.807) is 24.3 Å². The van der Waals surface area contributed by atoms with Crippen LogP contribution in [0.1, 0.15) is 22.3 Å². The number of aryl methyl sites for hydroxylation is 1. The average Bonchev–Trinajstić information content (AvgIpc) is 2.68. The van der Waals surface area contributed by atoms with Crippen LogP contribution in [0.4, 0.5) is 11.4 Å². The van der Waals surface area contributed by atoms with Crippen molar-refractivity contribution in [2.45, 2.75) is 12.8 Å². The van der Waals surface area contributed by atoms with Gasteiger partial charge in [-0.05, 0) is 48.4 Å². The molecule has 0 saturated carbocycles. The minimum Gasteiger partial charge on any atom is -0.326 e. The molecule has 0 bridgehead atoms. The molecule has 0 unspecified atom stereocenters. The highest BCUT2D eigenvalue weighted by atomic mass is 35.5. The molecule has 0 aromatic heterocycles. The predicted molar refractivity (Wildman–Crippen MR) is 109 cm³/mol. The molecule has 3 aromatic rings. The molecule has 2 N–H and O–H groups in total. The molecule has 5 heteroatoms. The highest BCUT2D eigenvalue weighted by molar-refractivity contribution is 6.31. The maximum atomic E-state index is 12.4. The molecule has 0 spiro atoms. The van der Waals surface area contributed by atoms with Crippen LogP contribution in [-0.4, -0.2) is 11.8 Å². The van der Waals surface area contributed by atoms with E-state index in [0.29, 0.717) is 29.1 Å². The average molecular weight is 379 g/mol. The minimum atomic E-state index is -0.228. The largest absolute Gasteiger partial charge is 0.326 e. The number of para-hydroxylation sites is 1. The van der Waals surface area contributed by atoms with Crippen LogP contribution >= 0.6 is 11.6 Å². The van der Waals surface area contributed by atoms with Crippen molar-refractivity contribution in [3.63, 3.8) is 0 Å². The van der Waals surface area contributed by atoms with E-state index < -0.39 is 0 Å². The number of amides is 2. The summed E-state index contributed by atoms with van der Waals surface area (Å²) in [5, 5.41) is 6.31. The Morgan fingerprint density at radius 1 is 0.778 bits per heavy atom. The molecule has 0 aliphatic heterocycles. The summed E-state index contributed by atoms with van der Waals surface area (Å²) in [5.74, 6) is -0.357. The fourth-order valence-electron chi connectivity index (χ4n) is 2.64. The molecule has 136 valence electrons. The van der Waals surface area contributed by atoms with E-state index in [1.807, 2.05) is 54.6 Å². The number of hydrogen-bond donors (Lipinski definition) is 2. The summed E-state index contributed by atoms with van der Waals surface area (Å²) < 4.78 is 0. The number of halogens is 1. The normalized spacial score (nSPS) is 10.3. The molecule has 3 aromatic carbocycles. The van der Waals surface area contributed by atoms with Crippen molar-refractivity contribution in [3.05, 3.63) is 95.0 Å². The van der Waals surface area contributed by atoms with Gasteiger partial charge in [0.05, 0.1) is 0 Å². The molecule has 0 radical (unpaired) electrons. The van der Waals surface area contributed by atoms with Crippen LogP contribution in [0.5, 0.6) is 0 Å². The van der Waals surface area contributed by atoms with Crippen molar-refractivity contribution >= 4 is 34.8 Å². The summed E-state index contributed by atoms with van der Waals surface area (Å²) in [7, 11) is 0. The van der Waals surface area contributed by atoms with Crippen molar-refractivity contribution in [3.8, 4) is 0 Å². The highest BCUT2D eigenvalue weighted by Crippen LogP contribution is 2.18. The predicted octanol–water partition coefficient (Wildman–Crippen LogP) is 5.16. The SMILES string of the molecule is O=C(CCc1ccccc1Cl)Nc1cccc(C(=O)Nc2ccccc2)c1. The van der Waals surface area contributed by atoms with E-state index in [2.05, 4.69) is 10.6 Å². The molecule has 0 saturated heterocycles. The first-order valence-electron chi connectivity index (χ1n) is 8.61. The van der Waals surface area contributed by atoms with Crippen LogP contribution in [0.25, 0.3) is 0 Å². The molecule has 27 heavy (non-hydrogen) atoms. The van der Waals surface area contributed by atoms with Crippen LogP contribution in [0, 0.1) is 0 Å². The van der Waals surface area contributed by atoms with Crippen LogP contribution in [0.3, 0.4) is 0 Å². The second-order valence-electron chi connectivity index (χ2n) is 6.04. The van der Waals surface area contributed by atoms with E-state index in [-0.39, 0.29) is 11.8 Å². The van der Waals surface area contributed by atoms with Gasteiger partial charge in [-0.15, -0.1) is 0 Å². The molecule has 0 fully saturated rings. The third-order valence-electron chi connectivity index (χ3n) is 4.02. The van der Waals surface area contributed by atoms with Gasteiger partial charge in [0.1, 0.15) is 0 Å². The van der Waals surface area contributed by atoms with Gasteiger partial charge < -0.3 is 10.6 Å². The molecule has 4 nitrogen and oxygen atoms in total. The van der Waals surface area contributed by atoms with Crippen LogP contribution in [0.2, 0.25) is 5.02 Å². The summed E-state index contributed by atoms with van der Waals surface area (Å²) >= 11 is 6.11. The molecule has 0 aliphatic rings. The zero-order valence-electron chi connectivity index (χ0n) is 14.6. The van der Waals surface area contributed by atoms with Gasteiger partial charge in [0.2, 0.25) is 5.91 Å². The van der Waals surface area contributed by atoms with Gasteiger partial charge in [0.15, 0.2) is 0 Å². The zero-order valence-corrected chi connectivity index (χ0v) is 15.4. The molecule has 0 aliphatic carbocycles. The summed E-state index contributed by atoms with van der Waals surface area (Å²) in [4.78, 5) is 24.6. The smallest absolute Gasteiger partial charge is 0.255 e. The Hall–Kier alpha value is -3.11. The van der Waals surface area contributed by atoms with Gasteiger partial charge in [0, 0.05) is 28.4 Å². The lowest BCUT2D eigenvalue weighted by molar-refractivity contribution is -0.116. The second kappa shape index (κ2) is 9.01. The topological polar surface area (TPSA) is 58.2 Å². The van der Waals surface area contributed by atoms with Gasteiger partial charge in [-0.1, -0.05) is 54.1 Å². The molecular formula is C22H19ClN2O2. The quantitative estimate of drug-likeness (QED) is 0.622. The standard InChI is InChI=1S/C22H19ClN2O2/c23-20-12-5-4-7-16(20)13-14-21(26)24-19-11-6-8-17(15-19)22(27)25-18-9-2-1-3-10-18/h1-12,15H,13-14H2,(H,24,26)(H,25,27). The first-order valence-corrected chi connectivity index (χ1v) is 8.99. The number of rotatable bonds is 6. The van der Waals surface area contributed by atoms with Gasteiger partial charge >= 0.3 is 0 Å². The van der Waals surface area contributed by atoms with Crippen LogP contribution in [-0.2, 0) is 11.2 Å². The Bertz CT molecular complexity index is 942. The number of benzene rings is 3. The highest BCUT2D eigenvalue weighted by Gasteiger charge is 2.09.